The minimum Gasteiger partial charge on any atom is -0.439 e. The number of hydrogen-bond donors (Lipinski definition) is 1. The fraction of sp³-hybridized carbons (Fsp3) is 0.429. The van der Waals surface area contributed by atoms with Crippen LogP contribution in [0.3, 0.4) is 0 Å². The van der Waals surface area contributed by atoms with Crippen molar-refractivity contribution >= 4 is 0 Å². The van der Waals surface area contributed by atoms with Crippen molar-refractivity contribution in [1.29, 1.82) is 0 Å². The van der Waals surface area contributed by atoms with Crippen LogP contribution >= 0.6 is 0 Å². The van der Waals surface area contributed by atoms with Gasteiger partial charge in [0.25, 0.3) is 6.01 Å². The Morgan fingerprint density at radius 1 is 1.80 bits per heavy atom. The molecule has 56 valence electrons. The highest BCUT2D eigenvalue weighted by Crippen LogP contribution is 2.17. The van der Waals surface area contributed by atoms with Crippen molar-refractivity contribution in [2.24, 2.45) is 5.73 Å². The highest BCUT2D eigenvalue weighted by Gasteiger charge is 2.10. The summed E-state index contributed by atoms with van der Waals surface area (Å²) in [5, 5.41) is 0. The molecular weight excluding hydrogens is 133 g/mol. The molecule has 0 aromatic carbocycles. The summed E-state index contributed by atoms with van der Waals surface area (Å²) in [4.78, 5) is 0. The number of rotatable bonds is 2. The van der Waals surface area contributed by atoms with E-state index >= 15 is 0 Å². The van der Waals surface area contributed by atoms with Gasteiger partial charge in [-0.25, -0.2) is 0 Å². The Kier molecular flexibility index (Phi) is 2.06. The molecule has 0 amide bonds. The predicted octanol–water partition coefficient (Wildman–Crippen LogP) is 1.83. The molecule has 1 atom stereocenters. The second-order valence-corrected chi connectivity index (χ2v) is 2.16. The first-order valence-corrected chi connectivity index (χ1v) is 3.24. The van der Waals surface area contributed by atoms with Crippen LogP contribution in [0.25, 0.3) is 0 Å². The van der Waals surface area contributed by atoms with E-state index in [1.165, 1.54) is 6.26 Å². The van der Waals surface area contributed by atoms with Crippen LogP contribution in [0.4, 0.5) is 4.39 Å². The molecule has 2 nitrogen and oxygen atoms in total. The van der Waals surface area contributed by atoms with Crippen molar-refractivity contribution in [3.05, 3.63) is 23.9 Å². The van der Waals surface area contributed by atoms with E-state index in [1.807, 2.05) is 6.92 Å². The van der Waals surface area contributed by atoms with Crippen LogP contribution in [-0.2, 0) is 0 Å². The van der Waals surface area contributed by atoms with Gasteiger partial charge < -0.3 is 10.2 Å². The summed E-state index contributed by atoms with van der Waals surface area (Å²) in [6.07, 6.45) is 2.02. The van der Waals surface area contributed by atoms with Crippen molar-refractivity contribution in [3.63, 3.8) is 0 Å². The minimum absolute atomic E-state index is 0.237. The van der Waals surface area contributed by atoms with E-state index in [4.69, 9.17) is 5.73 Å². The molecule has 2 N–H and O–H groups in total. The maximum Gasteiger partial charge on any atom is 0.282 e. The normalized spacial score (nSPS) is 13.5. The van der Waals surface area contributed by atoms with E-state index in [2.05, 4.69) is 4.42 Å². The smallest absolute Gasteiger partial charge is 0.282 e. The Morgan fingerprint density at radius 2 is 2.50 bits per heavy atom. The topological polar surface area (TPSA) is 39.2 Å². The molecule has 1 aromatic heterocycles. The van der Waals surface area contributed by atoms with Crippen LogP contribution in [0.2, 0.25) is 0 Å². The lowest BCUT2D eigenvalue weighted by atomic mass is 10.1. The SMILES string of the molecule is CCC(N)c1ccoc1F. The van der Waals surface area contributed by atoms with Crippen LogP contribution < -0.4 is 5.73 Å². The highest BCUT2D eigenvalue weighted by molar-refractivity contribution is 5.12. The van der Waals surface area contributed by atoms with Crippen molar-refractivity contribution in [2.45, 2.75) is 19.4 Å². The number of hydrogen-bond acceptors (Lipinski definition) is 2. The van der Waals surface area contributed by atoms with Gasteiger partial charge in [0.1, 0.15) is 0 Å². The van der Waals surface area contributed by atoms with Gasteiger partial charge in [0.2, 0.25) is 0 Å². The standard InChI is InChI=1S/C7H10FNO/c1-2-6(9)5-3-4-10-7(5)8/h3-4,6H,2,9H2,1H3. The first kappa shape index (κ1) is 7.28. The Bertz CT molecular complexity index is 209. The van der Waals surface area contributed by atoms with Gasteiger partial charge in [0, 0.05) is 11.6 Å². The van der Waals surface area contributed by atoms with Gasteiger partial charge in [-0.15, -0.1) is 0 Å². The molecule has 0 bridgehead atoms. The average Bonchev–Trinajstić information content (AvgIpc) is 2.34. The van der Waals surface area contributed by atoms with Gasteiger partial charge in [0.05, 0.1) is 6.26 Å². The molecule has 0 radical (unpaired) electrons. The highest BCUT2D eigenvalue weighted by atomic mass is 19.1. The lowest BCUT2D eigenvalue weighted by Crippen LogP contribution is -2.08. The van der Waals surface area contributed by atoms with Gasteiger partial charge in [-0.2, -0.15) is 4.39 Å². The molecule has 1 aromatic rings. The first-order chi connectivity index (χ1) is 4.75. The number of furan rings is 1. The molecule has 1 heterocycles. The number of halogens is 1. The summed E-state index contributed by atoms with van der Waals surface area (Å²) in [5.74, 6) is 0. The van der Waals surface area contributed by atoms with Crippen molar-refractivity contribution in [3.8, 4) is 0 Å². The lowest BCUT2D eigenvalue weighted by molar-refractivity contribution is 0.347. The zero-order valence-corrected chi connectivity index (χ0v) is 5.80. The summed E-state index contributed by atoms with van der Waals surface area (Å²) in [6.45, 7) is 1.90. The largest absolute Gasteiger partial charge is 0.439 e. The van der Waals surface area contributed by atoms with E-state index in [-0.39, 0.29) is 6.04 Å². The first-order valence-electron chi connectivity index (χ1n) is 3.24. The fourth-order valence-corrected chi connectivity index (χ4v) is 0.790. The zero-order valence-electron chi connectivity index (χ0n) is 5.80. The zero-order chi connectivity index (χ0) is 7.56. The van der Waals surface area contributed by atoms with E-state index in [0.29, 0.717) is 5.56 Å². The molecule has 0 saturated heterocycles. The summed E-state index contributed by atoms with van der Waals surface area (Å²) < 4.78 is 17.0. The molecule has 0 fully saturated rings. The third-order valence-electron chi connectivity index (χ3n) is 1.49. The van der Waals surface area contributed by atoms with Crippen molar-refractivity contribution < 1.29 is 8.81 Å². The van der Waals surface area contributed by atoms with E-state index < -0.39 is 6.01 Å². The van der Waals surface area contributed by atoms with Gasteiger partial charge in [0.15, 0.2) is 0 Å². The fourth-order valence-electron chi connectivity index (χ4n) is 0.790. The van der Waals surface area contributed by atoms with Crippen LogP contribution in [0, 0.1) is 6.01 Å². The van der Waals surface area contributed by atoms with Crippen molar-refractivity contribution in [2.75, 3.05) is 0 Å². The van der Waals surface area contributed by atoms with E-state index in [0.717, 1.165) is 6.42 Å². The van der Waals surface area contributed by atoms with Gasteiger partial charge in [-0.1, -0.05) is 6.92 Å². The summed E-state index contributed by atoms with van der Waals surface area (Å²) in [7, 11) is 0. The molecule has 0 spiro atoms. The second kappa shape index (κ2) is 2.84. The van der Waals surface area contributed by atoms with Gasteiger partial charge in [-0.3, -0.25) is 0 Å². The minimum atomic E-state index is -0.561. The molecule has 3 heteroatoms. The molecule has 10 heavy (non-hydrogen) atoms. The predicted molar refractivity (Wildman–Crippen MR) is 35.9 cm³/mol. The summed E-state index contributed by atoms with van der Waals surface area (Å²) in [5.41, 5.74) is 6.00. The Labute approximate surface area is 58.8 Å². The molecule has 0 aliphatic rings. The van der Waals surface area contributed by atoms with Crippen LogP contribution in [0.1, 0.15) is 24.9 Å². The van der Waals surface area contributed by atoms with Crippen LogP contribution in [0.15, 0.2) is 16.7 Å². The molecular formula is C7H10FNO. The van der Waals surface area contributed by atoms with Crippen LogP contribution in [0.5, 0.6) is 0 Å². The average molecular weight is 143 g/mol. The maximum absolute atomic E-state index is 12.5. The van der Waals surface area contributed by atoms with E-state index in [9.17, 15) is 4.39 Å². The molecule has 0 aliphatic carbocycles. The lowest BCUT2D eigenvalue weighted by Gasteiger charge is -2.03. The van der Waals surface area contributed by atoms with Gasteiger partial charge in [-0.05, 0) is 12.5 Å². The van der Waals surface area contributed by atoms with Crippen molar-refractivity contribution in [1.82, 2.24) is 0 Å². The Balaban J connectivity index is 2.82. The number of nitrogens with two attached hydrogens (primary N) is 1. The summed E-state index contributed by atoms with van der Waals surface area (Å²) >= 11 is 0. The second-order valence-electron chi connectivity index (χ2n) is 2.16. The summed E-state index contributed by atoms with van der Waals surface area (Å²) in [6, 6.07) is 0.761. The molecule has 1 unspecified atom stereocenters. The quantitative estimate of drug-likeness (QED) is 0.685. The molecule has 0 saturated carbocycles. The molecule has 0 aliphatic heterocycles. The monoisotopic (exact) mass is 143 g/mol. The third kappa shape index (κ3) is 1.19. The van der Waals surface area contributed by atoms with Gasteiger partial charge >= 0.3 is 0 Å². The molecule has 1 rings (SSSR count). The van der Waals surface area contributed by atoms with E-state index in [1.54, 1.807) is 6.07 Å². The Hall–Kier alpha value is -0.830. The third-order valence-corrected chi connectivity index (χ3v) is 1.49. The maximum atomic E-state index is 12.5. The van der Waals surface area contributed by atoms with Crippen LogP contribution in [-0.4, -0.2) is 0 Å². The Morgan fingerprint density at radius 3 is 2.90 bits per heavy atom.